The van der Waals surface area contributed by atoms with Crippen molar-refractivity contribution in [2.45, 2.75) is 51.7 Å². The first-order chi connectivity index (χ1) is 10.2. The number of hydrogen-bond donors (Lipinski definition) is 1. The van der Waals surface area contributed by atoms with Gasteiger partial charge in [0.25, 0.3) is 0 Å². The van der Waals surface area contributed by atoms with E-state index in [4.69, 9.17) is 11.6 Å². The third-order valence-corrected chi connectivity index (χ3v) is 3.79. The van der Waals surface area contributed by atoms with Gasteiger partial charge in [0.1, 0.15) is 0 Å². The van der Waals surface area contributed by atoms with Gasteiger partial charge in [0.05, 0.1) is 17.3 Å². The van der Waals surface area contributed by atoms with E-state index in [1.165, 1.54) is 4.68 Å². The summed E-state index contributed by atoms with van der Waals surface area (Å²) in [6, 6.07) is 0. The van der Waals surface area contributed by atoms with E-state index in [1.54, 1.807) is 0 Å². The van der Waals surface area contributed by atoms with Crippen molar-refractivity contribution in [2.24, 2.45) is 5.92 Å². The molecule has 0 spiro atoms. The van der Waals surface area contributed by atoms with Gasteiger partial charge in [-0.05, 0) is 18.8 Å². The number of carbonyl (C=O) groups excluding carboxylic acids is 1. The molecule has 4 nitrogen and oxygen atoms in total. The van der Waals surface area contributed by atoms with E-state index >= 15 is 0 Å². The number of amides is 1. The van der Waals surface area contributed by atoms with Gasteiger partial charge in [0, 0.05) is 18.9 Å². The molecule has 0 aromatic carbocycles. The van der Waals surface area contributed by atoms with Crippen LogP contribution in [-0.4, -0.2) is 22.2 Å². The lowest BCUT2D eigenvalue weighted by Crippen LogP contribution is -2.28. The Bertz CT molecular complexity index is 550. The van der Waals surface area contributed by atoms with Gasteiger partial charge in [-0.3, -0.25) is 9.48 Å². The van der Waals surface area contributed by atoms with Gasteiger partial charge in [-0.15, -0.1) is 0 Å². The third kappa shape index (κ3) is 4.15. The maximum Gasteiger partial charge on any atom is 0.436 e. The number of carbonyl (C=O) groups is 1. The minimum Gasteiger partial charge on any atom is -0.356 e. The second-order valence-corrected chi connectivity index (χ2v) is 6.37. The summed E-state index contributed by atoms with van der Waals surface area (Å²) < 4.78 is 39.9. The van der Waals surface area contributed by atoms with Crippen LogP contribution in [0.5, 0.6) is 0 Å². The number of aromatic nitrogens is 2. The fourth-order valence-electron chi connectivity index (χ4n) is 2.17. The first-order valence-corrected chi connectivity index (χ1v) is 7.68. The van der Waals surface area contributed by atoms with Crippen LogP contribution in [0.2, 0.25) is 5.02 Å². The summed E-state index contributed by atoms with van der Waals surface area (Å²) in [6.07, 6.45) is -2.88. The van der Waals surface area contributed by atoms with Crippen molar-refractivity contribution >= 4 is 17.5 Å². The molecular weight excluding hydrogens is 319 g/mol. The Balaban J connectivity index is 2.08. The lowest BCUT2D eigenvalue weighted by atomic mass is 10.2. The maximum atomic E-state index is 12.9. The Kier molecular flexibility index (Phi) is 5.04. The highest BCUT2D eigenvalue weighted by Crippen LogP contribution is 2.46. The van der Waals surface area contributed by atoms with Crippen LogP contribution in [0.15, 0.2) is 0 Å². The summed E-state index contributed by atoms with van der Waals surface area (Å²) in [6.45, 7) is 4.58. The SMILES string of the molecule is CC(C)CNC(=O)CCn1nc(C(F)(F)F)c(Cl)c1C1CC1. The molecule has 1 aliphatic rings. The molecule has 0 aliphatic heterocycles. The van der Waals surface area contributed by atoms with Crippen LogP contribution in [0.1, 0.15) is 50.4 Å². The van der Waals surface area contributed by atoms with Crippen molar-refractivity contribution in [3.63, 3.8) is 0 Å². The number of alkyl halides is 3. The molecule has 8 heteroatoms. The predicted octanol–water partition coefficient (Wildman–Crippen LogP) is 3.60. The Hall–Kier alpha value is -1.24. The van der Waals surface area contributed by atoms with Crippen LogP contribution in [0.3, 0.4) is 0 Å². The van der Waals surface area contributed by atoms with Gasteiger partial charge >= 0.3 is 6.18 Å². The number of rotatable bonds is 6. The van der Waals surface area contributed by atoms with Crippen molar-refractivity contribution in [3.8, 4) is 0 Å². The van der Waals surface area contributed by atoms with E-state index < -0.39 is 11.9 Å². The molecule has 0 unspecified atom stereocenters. The third-order valence-electron chi connectivity index (χ3n) is 3.42. The summed E-state index contributed by atoms with van der Waals surface area (Å²) in [5.74, 6) is 0.146. The van der Waals surface area contributed by atoms with E-state index in [2.05, 4.69) is 10.4 Å². The van der Waals surface area contributed by atoms with Gasteiger partial charge in [0.2, 0.25) is 5.91 Å². The average Bonchev–Trinajstić information content (AvgIpc) is 3.17. The van der Waals surface area contributed by atoms with Crippen LogP contribution < -0.4 is 5.32 Å². The van der Waals surface area contributed by atoms with Crippen molar-refractivity contribution in [1.82, 2.24) is 15.1 Å². The summed E-state index contributed by atoms with van der Waals surface area (Å²) >= 11 is 5.86. The van der Waals surface area contributed by atoms with Crippen molar-refractivity contribution < 1.29 is 18.0 Å². The monoisotopic (exact) mass is 337 g/mol. The quantitative estimate of drug-likeness (QED) is 0.862. The molecule has 1 amide bonds. The summed E-state index contributed by atoms with van der Waals surface area (Å²) in [7, 11) is 0. The number of halogens is 4. The second kappa shape index (κ2) is 6.48. The largest absolute Gasteiger partial charge is 0.436 e. The minimum absolute atomic E-state index is 0.0230. The zero-order chi connectivity index (χ0) is 16.5. The number of aryl methyl sites for hydroxylation is 1. The Morgan fingerprint density at radius 1 is 1.45 bits per heavy atom. The molecule has 0 bridgehead atoms. The lowest BCUT2D eigenvalue weighted by molar-refractivity contribution is -0.141. The summed E-state index contributed by atoms with van der Waals surface area (Å²) in [5.41, 5.74) is -0.649. The van der Waals surface area contributed by atoms with Crippen molar-refractivity contribution in [3.05, 3.63) is 16.4 Å². The standard InChI is InChI=1S/C14H19ClF3N3O/c1-8(2)7-19-10(22)5-6-21-12(9-3-4-9)11(15)13(20-21)14(16,17)18/h8-9H,3-7H2,1-2H3,(H,19,22). The zero-order valence-corrected chi connectivity index (χ0v) is 13.3. The first kappa shape index (κ1) is 17.1. The average molecular weight is 338 g/mol. The molecule has 2 rings (SSSR count). The fourth-order valence-corrected chi connectivity index (χ4v) is 2.56. The maximum absolute atomic E-state index is 12.9. The highest BCUT2D eigenvalue weighted by atomic mass is 35.5. The fraction of sp³-hybridized carbons (Fsp3) is 0.714. The first-order valence-electron chi connectivity index (χ1n) is 7.30. The van der Waals surface area contributed by atoms with Gasteiger partial charge < -0.3 is 5.32 Å². The molecule has 1 aliphatic carbocycles. The molecule has 1 N–H and O–H groups in total. The number of hydrogen-bond acceptors (Lipinski definition) is 2. The van der Waals surface area contributed by atoms with Gasteiger partial charge in [-0.1, -0.05) is 25.4 Å². The highest BCUT2D eigenvalue weighted by molar-refractivity contribution is 6.32. The normalized spacial score (nSPS) is 15.4. The molecule has 1 heterocycles. The lowest BCUT2D eigenvalue weighted by Gasteiger charge is -2.09. The molecule has 22 heavy (non-hydrogen) atoms. The zero-order valence-electron chi connectivity index (χ0n) is 12.5. The van der Waals surface area contributed by atoms with E-state index in [0.717, 1.165) is 12.8 Å². The number of nitrogens with one attached hydrogen (secondary N) is 1. The molecule has 1 saturated carbocycles. The van der Waals surface area contributed by atoms with E-state index in [9.17, 15) is 18.0 Å². The number of nitrogens with zero attached hydrogens (tertiary/aromatic N) is 2. The summed E-state index contributed by atoms with van der Waals surface area (Å²) in [4.78, 5) is 11.7. The van der Waals surface area contributed by atoms with E-state index in [-0.39, 0.29) is 29.8 Å². The van der Waals surface area contributed by atoms with Gasteiger partial charge in [-0.25, -0.2) is 0 Å². The van der Waals surface area contributed by atoms with Crippen molar-refractivity contribution in [1.29, 1.82) is 0 Å². The van der Waals surface area contributed by atoms with Crippen LogP contribution in [0, 0.1) is 5.92 Å². The molecule has 124 valence electrons. The molecule has 0 atom stereocenters. The van der Waals surface area contributed by atoms with E-state index in [1.807, 2.05) is 13.8 Å². The second-order valence-electron chi connectivity index (χ2n) is 5.99. The smallest absolute Gasteiger partial charge is 0.356 e. The topological polar surface area (TPSA) is 46.9 Å². The molecule has 0 radical (unpaired) electrons. The predicted molar refractivity (Wildman–Crippen MR) is 76.7 cm³/mol. The minimum atomic E-state index is -4.58. The molecular formula is C14H19ClF3N3O. The van der Waals surface area contributed by atoms with Gasteiger partial charge in [-0.2, -0.15) is 18.3 Å². The Morgan fingerprint density at radius 3 is 2.59 bits per heavy atom. The van der Waals surface area contributed by atoms with Gasteiger partial charge in [0.15, 0.2) is 5.69 Å². The molecule has 1 aromatic heterocycles. The summed E-state index contributed by atoms with van der Waals surface area (Å²) in [5, 5.41) is 6.00. The Labute approximate surface area is 132 Å². The van der Waals surface area contributed by atoms with E-state index in [0.29, 0.717) is 18.2 Å². The van der Waals surface area contributed by atoms with Crippen molar-refractivity contribution in [2.75, 3.05) is 6.54 Å². The van der Waals surface area contributed by atoms with Crippen LogP contribution >= 0.6 is 11.6 Å². The molecule has 0 saturated heterocycles. The molecule has 1 aromatic rings. The molecule has 1 fully saturated rings. The Morgan fingerprint density at radius 2 is 2.09 bits per heavy atom. The van der Waals surface area contributed by atoms with Crippen LogP contribution in [0.4, 0.5) is 13.2 Å². The van der Waals surface area contributed by atoms with Crippen LogP contribution in [0.25, 0.3) is 0 Å². The van der Waals surface area contributed by atoms with Crippen LogP contribution in [-0.2, 0) is 17.5 Å². The highest BCUT2D eigenvalue weighted by Gasteiger charge is 2.41.